The van der Waals surface area contributed by atoms with E-state index in [2.05, 4.69) is 10.3 Å². The molecule has 1 aliphatic carbocycles. The predicted molar refractivity (Wildman–Crippen MR) is 83.8 cm³/mol. The highest BCUT2D eigenvalue weighted by molar-refractivity contribution is 5.99. The average molecular weight is 318 g/mol. The Hall–Kier alpha value is -2.37. The smallest absolute Gasteiger partial charge is 0.306 e. The number of aryl methyl sites for hydroxylation is 1. The lowest BCUT2D eigenvalue weighted by Crippen LogP contribution is -2.38. The number of halogens is 1. The highest BCUT2D eigenvalue weighted by Gasteiger charge is 2.27. The summed E-state index contributed by atoms with van der Waals surface area (Å²) in [6.45, 7) is 1.80. The molecule has 5 nitrogen and oxygen atoms in total. The van der Waals surface area contributed by atoms with Crippen LogP contribution in [-0.2, 0) is 4.79 Å². The van der Waals surface area contributed by atoms with Gasteiger partial charge in [0, 0.05) is 16.9 Å². The number of carboxylic acids is 1. The Balaban J connectivity index is 1.69. The van der Waals surface area contributed by atoms with Crippen LogP contribution >= 0.6 is 0 Å². The fourth-order valence-electron chi connectivity index (χ4n) is 3.24. The molecule has 0 spiro atoms. The van der Waals surface area contributed by atoms with Crippen molar-refractivity contribution in [2.45, 2.75) is 38.6 Å². The number of carboxylic acid groups (broad SMARTS) is 1. The Kier molecular flexibility index (Phi) is 4.07. The third-order valence-corrected chi connectivity index (χ3v) is 4.57. The summed E-state index contributed by atoms with van der Waals surface area (Å²) in [6, 6.07) is 4.52. The van der Waals surface area contributed by atoms with Gasteiger partial charge in [-0.3, -0.25) is 9.59 Å². The number of benzene rings is 1. The Morgan fingerprint density at radius 2 is 1.91 bits per heavy atom. The van der Waals surface area contributed by atoms with Gasteiger partial charge in [0.2, 0.25) is 0 Å². The molecule has 1 saturated carbocycles. The summed E-state index contributed by atoms with van der Waals surface area (Å²) in [5.74, 6) is -1.64. The zero-order valence-corrected chi connectivity index (χ0v) is 12.9. The van der Waals surface area contributed by atoms with Crippen molar-refractivity contribution >= 4 is 22.8 Å². The number of carbonyl (C=O) groups excluding carboxylic acids is 1. The molecule has 0 saturated heterocycles. The normalized spacial score (nSPS) is 21.3. The van der Waals surface area contributed by atoms with Crippen LogP contribution in [0.2, 0.25) is 0 Å². The molecule has 1 aromatic heterocycles. The number of carbonyl (C=O) groups is 2. The van der Waals surface area contributed by atoms with Crippen molar-refractivity contribution in [3.05, 3.63) is 35.3 Å². The number of hydrogen-bond donors (Lipinski definition) is 3. The lowest BCUT2D eigenvalue weighted by Gasteiger charge is -2.26. The monoisotopic (exact) mass is 318 g/mol. The first kappa shape index (κ1) is 15.5. The second kappa shape index (κ2) is 6.02. The first-order valence-corrected chi connectivity index (χ1v) is 7.76. The van der Waals surface area contributed by atoms with Crippen molar-refractivity contribution in [1.29, 1.82) is 0 Å². The summed E-state index contributed by atoms with van der Waals surface area (Å²) < 4.78 is 13.4. The van der Waals surface area contributed by atoms with Gasteiger partial charge in [0.25, 0.3) is 5.91 Å². The molecule has 1 amide bonds. The Labute approximate surface area is 132 Å². The Morgan fingerprint density at radius 3 is 2.57 bits per heavy atom. The van der Waals surface area contributed by atoms with Crippen molar-refractivity contribution in [2.75, 3.05) is 0 Å². The van der Waals surface area contributed by atoms with Crippen molar-refractivity contribution in [1.82, 2.24) is 10.3 Å². The van der Waals surface area contributed by atoms with Crippen LogP contribution in [0.3, 0.4) is 0 Å². The van der Waals surface area contributed by atoms with Crippen molar-refractivity contribution < 1.29 is 19.1 Å². The largest absolute Gasteiger partial charge is 0.481 e. The summed E-state index contributed by atoms with van der Waals surface area (Å²) in [5.41, 5.74) is 1.77. The molecule has 0 radical (unpaired) electrons. The van der Waals surface area contributed by atoms with Gasteiger partial charge in [-0.1, -0.05) is 0 Å². The standard InChI is InChI=1S/C17H19FN2O3/c1-9-6-11(18)7-14-13(9)8-15(20-14)16(21)19-12-4-2-10(3-5-12)17(22)23/h6-8,10,12,20H,2-5H2,1H3,(H,19,21)(H,22,23). The van der Waals surface area contributed by atoms with Crippen molar-refractivity contribution in [2.24, 2.45) is 5.92 Å². The van der Waals surface area contributed by atoms with Crippen LogP contribution in [0.25, 0.3) is 10.9 Å². The van der Waals surface area contributed by atoms with E-state index in [1.165, 1.54) is 12.1 Å². The van der Waals surface area contributed by atoms with E-state index in [9.17, 15) is 14.0 Å². The van der Waals surface area contributed by atoms with E-state index in [4.69, 9.17) is 5.11 Å². The van der Waals surface area contributed by atoms with Crippen LogP contribution in [0, 0.1) is 18.7 Å². The SMILES string of the molecule is Cc1cc(F)cc2[nH]c(C(=O)NC3CCC(C(=O)O)CC3)cc12. The van der Waals surface area contributed by atoms with Gasteiger partial charge in [-0.25, -0.2) is 4.39 Å². The third-order valence-electron chi connectivity index (χ3n) is 4.57. The van der Waals surface area contributed by atoms with Crippen LogP contribution in [0.15, 0.2) is 18.2 Å². The van der Waals surface area contributed by atoms with Gasteiger partial charge >= 0.3 is 5.97 Å². The molecule has 1 aromatic carbocycles. The summed E-state index contributed by atoms with van der Waals surface area (Å²) in [7, 11) is 0. The summed E-state index contributed by atoms with van der Waals surface area (Å²) >= 11 is 0. The molecule has 122 valence electrons. The molecule has 2 aromatic rings. The Morgan fingerprint density at radius 1 is 1.22 bits per heavy atom. The molecule has 1 aliphatic rings. The van der Waals surface area contributed by atoms with E-state index in [0.29, 0.717) is 36.9 Å². The third kappa shape index (κ3) is 3.21. The molecule has 0 atom stereocenters. The van der Waals surface area contributed by atoms with Gasteiger partial charge in [-0.2, -0.15) is 0 Å². The summed E-state index contributed by atoms with van der Waals surface area (Å²) in [4.78, 5) is 26.2. The van der Waals surface area contributed by atoms with Crippen LogP contribution in [0.4, 0.5) is 4.39 Å². The number of nitrogens with one attached hydrogen (secondary N) is 2. The van der Waals surface area contributed by atoms with Gasteiger partial charge in [0.1, 0.15) is 11.5 Å². The molecule has 0 unspecified atom stereocenters. The highest BCUT2D eigenvalue weighted by Crippen LogP contribution is 2.25. The fourth-order valence-corrected chi connectivity index (χ4v) is 3.24. The topological polar surface area (TPSA) is 82.2 Å². The number of aromatic nitrogens is 1. The predicted octanol–water partition coefficient (Wildman–Crippen LogP) is 2.99. The minimum atomic E-state index is -0.761. The minimum Gasteiger partial charge on any atom is -0.481 e. The van der Waals surface area contributed by atoms with E-state index in [1.807, 2.05) is 0 Å². The highest BCUT2D eigenvalue weighted by atomic mass is 19.1. The van der Waals surface area contributed by atoms with Crippen LogP contribution in [0.1, 0.15) is 41.7 Å². The number of hydrogen-bond acceptors (Lipinski definition) is 2. The molecule has 23 heavy (non-hydrogen) atoms. The second-order valence-electron chi connectivity index (χ2n) is 6.23. The molecule has 3 rings (SSSR count). The minimum absolute atomic E-state index is 0.0117. The molecular formula is C17H19FN2O3. The Bertz CT molecular complexity index is 761. The van der Waals surface area contributed by atoms with Crippen LogP contribution in [-0.4, -0.2) is 28.0 Å². The van der Waals surface area contributed by atoms with E-state index in [1.54, 1.807) is 13.0 Å². The van der Waals surface area contributed by atoms with Crippen molar-refractivity contribution in [3.8, 4) is 0 Å². The quantitative estimate of drug-likeness (QED) is 0.813. The van der Waals surface area contributed by atoms with E-state index < -0.39 is 5.97 Å². The van der Waals surface area contributed by atoms with E-state index in [-0.39, 0.29) is 23.7 Å². The lowest BCUT2D eigenvalue weighted by atomic mass is 9.86. The molecular weight excluding hydrogens is 299 g/mol. The maximum Gasteiger partial charge on any atom is 0.306 e. The summed E-state index contributed by atoms with van der Waals surface area (Å²) in [6.07, 6.45) is 2.49. The number of rotatable bonds is 3. The second-order valence-corrected chi connectivity index (χ2v) is 6.23. The van der Waals surface area contributed by atoms with Gasteiger partial charge in [-0.15, -0.1) is 0 Å². The van der Waals surface area contributed by atoms with Gasteiger partial charge in [0.05, 0.1) is 5.92 Å². The maximum absolute atomic E-state index is 13.4. The molecule has 1 fully saturated rings. The number of aliphatic carboxylic acids is 1. The summed E-state index contributed by atoms with van der Waals surface area (Å²) in [5, 5.41) is 12.7. The van der Waals surface area contributed by atoms with E-state index >= 15 is 0 Å². The van der Waals surface area contributed by atoms with Gasteiger partial charge < -0.3 is 15.4 Å². The first-order chi connectivity index (χ1) is 10.9. The zero-order chi connectivity index (χ0) is 16.6. The number of aromatic amines is 1. The number of fused-ring (bicyclic) bond motifs is 1. The number of amides is 1. The van der Waals surface area contributed by atoms with E-state index in [0.717, 1.165) is 10.9 Å². The lowest BCUT2D eigenvalue weighted by molar-refractivity contribution is -0.142. The average Bonchev–Trinajstić information content (AvgIpc) is 2.92. The van der Waals surface area contributed by atoms with Gasteiger partial charge in [-0.05, 0) is 56.4 Å². The molecule has 6 heteroatoms. The van der Waals surface area contributed by atoms with Gasteiger partial charge in [0.15, 0.2) is 0 Å². The van der Waals surface area contributed by atoms with Crippen molar-refractivity contribution in [3.63, 3.8) is 0 Å². The van der Waals surface area contributed by atoms with Crippen LogP contribution < -0.4 is 5.32 Å². The fraction of sp³-hybridized carbons (Fsp3) is 0.412. The molecule has 0 aliphatic heterocycles. The molecule has 1 heterocycles. The maximum atomic E-state index is 13.4. The zero-order valence-electron chi connectivity index (χ0n) is 12.9. The number of H-pyrrole nitrogens is 1. The van der Waals surface area contributed by atoms with Crippen LogP contribution in [0.5, 0.6) is 0 Å². The first-order valence-electron chi connectivity index (χ1n) is 7.76. The molecule has 0 bridgehead atoms. The molecule has 3 N–H and O–H groups in total.